The zero-order chi connectivity index (χ0) is 20.3. The first-order valence-electron chi connectivity index (χ1n) is 9.60. The molecule has 1 unspecified atom stereocenters. The maximum atomic E-state index is 12.7. The van der Waals surface area contributed by atoms with Gasteiger partial charge in [0.1, 0.15) is 6.10 Å². The van der Waals surface area contributed by atoms with E-state index in [2.05, 4.69) is 4.72 Å². The normalized spacial score (nSPS) is 20.6. The van der Waals surface area contributed by atoms with Gasteiger partial charge in [0.15, 0.2) is 0 Å². The van der Waals surface area contributed by atoms with Crippen molar-refractivity contribution in [2.24, 2.45) is 0 Å². The molecule has 8 nitrogen and oxygen atoms in total. The highest BCUT2D eigenvalue weighted by atomic mass is 32.2. The second kappa shape index (κ2) is 8.59. The lowest BCUT2D eigenvalue weighted by Gasteiger charge is -2.35. The number of piperazine rings is 1. The number of hydrogen-bond acceptors (Lipinski definition) is 5. The minimum absolute atomic E-state index is 0.0109. The van der Waals surface area contributed by atoms with Crippen molar-refractivity contribution in [2.75, 3.05) is 32.8 Å². The first-order valence-corrected chi connectivity index (χ1v) is 11.1. The molecular weight excluding hydrogens is 382 g/mol. The lowest BCUT2D eigenvalue weighted by molar-refractivity contribution is -0.142. The van der Waals surface area contributed by atoms with E-state index in [-0.39, 0.29) is 28.9 Å². The van der Waals surface area contributed by atoms with E-state index in [1.807, 2.05) is 0 Å². The van der Waals surface area contributed by atoms with Gasteiger partial charge in [-0.3, -0.25) is 9.59 Å². The summed E-state index contributed by atoms with van der Waals surface area (Å²) in [5.41, 5.74) is 0.433. The number of nitrogens with one attached hydrogen (secondary N) is 1. The molecule has 0 aliphatic carbocycles. The summed E-state index contributed by atoms with van der Waals surface area (Å²) in [5.74, 6) is -0.151. The van der Waals surface area contributed by atoms with Gasteiger partial charge in [0, 0.05) is 44.4 Å². The van der Waals surface area contributed by atoms with E-state index in [1.165, 1.54) is 24.3 Å². The molecule has 1 atom stereocenters. The Kier molecular flexibility index (Phi) is 6.36. The predicted octanol–water partition coefficient (Wildman–Crippen LogP) is 0.837. The van der Waals surface area contributed by atoms with Crippen LogP contribution in [0.5, 0.6) is 0 Å². The molecule has 2 aliphatic heterocycles. The minimum Gasteiger partial charge on any atom is -0.368 e. The fourth-order valence-corrected chi connectivity index (χ4v) is 4.69. The van der Waals surface area contributed by atoms with Gasteiger partial charge in [0.25, 0.3) is 11.8 Å². The van der Waals surface area contributed by atoms with Crippen molar-refractivity contribution in [1.29, 1.82) is 0 Å². The Morgan fingerprint density at radius 3 is 2.21 bits per heavy atom. The average molecular weight is 410 g/mol. The van der Waals surface area contributed by atoms with Crippen LogP contribution >= 0.6 is 0 Å². The van der Waals surface area contributed by atoms with Crippen LogP contribution in [0.15, 0.2) is 29.2 Å². The molecule has 3 rings (SSSR count). The molecule has 2 fully saturated rings. The molecule has 1 aromatic rings. The van der Waals surface area contributed by atoms with Crippen LogP contribution in [-0.2, 0) is 19.6 Å². The molecular formula is C19H27N3O5S. The monoisotopic (exact) mass is 409 g/mol. The Morgan fingerprint density at radius 2 is 1.68 bits per heavy atom. The lowest BCUT2D eigenvalue weighted by atomic mass is 10.1. The van der Waals surface area contributed by atoms with Gasteiger partial charge >= 0.3 is 0 Å². The van der Waals surface area contributed by atoms with Gasteiger partial charge in [0.2, 0.25) is 10.0 Å². The van der Waals surface area contributed by atoms with Gasteiger partial charge in [-0.25, -0.2) is 13.1 Å². The number of ether oxygens (including phenoxy) is 1. The summed E-state index contributed by atoms with van der Waals surface area (Å²) in [7, 11) is -3.58. The Morgan fingerprint density at radius 1 is 1.07 bits per heavy atom. The van der Waals surface area contributed by atoms with E-state index >= 15 is 0 Å². The summed E-state index contributed by atoms with van der Waals surface area (Å²) in [6.07, 6.45) is 1.34. The summed E-state index contributed by atoms with van der Waals surface area (Å²) in [6.45, 7) is 5.99. The number of hydrogen-bond donors (Lipinski definition) is 1. The number of rotatable bonds is 5. The van der Waals surface area contributed by atoms with Crippen molar-refractivity contribution >= 4 is 21.8 Å². The maximum Gasteiger partial charge on any atom is 0.253 e. The third-order valence-corrected chi connectivity index (χ3v) is 6.56. The fourth-order valence-electron chi connectivity index (χ4n) is 3.44. The highest BCUT2D eigenvalue weighted by Crippen LogP contribution is 2.17. The van der Waals surface area contributed by atoms with Crippen LogP contribution in [0.1, 0.15) is 37.0 Å². The largest absolute Gasteiger partial charge is 0.368 e. The zero-order valence-corrected chi connectivity index (χ0v) is 17.1. The van der Waals surface area contributed by atoms with Crippen LogP contribution < -0.4 is 4.72 Å². The van der Waals surface area contributed by atoms with Crippen LogP contribution in [0.2, 0.25) is 0 Å². The molecule has 0 saturated carbocycles. The molecule has 0 spiro atoms. The Bertz CT molecular complexity index is 808. The zero-order valence-electron chi connectivity index (χ0n) is 16.3. The molecule has 2 amide bonds. The summed E-state index contributed by atoms with van der Waals surface area (Å²) >= 11 is 0. The molecule has 2 saturated heterocycles. The molecule has 0 radical (unpaired) electrons. The topological polar surface area (TPSA) is 96.0 Å². The van der Waals surface area contributed by atoms with E-state index < -0.39 is 10.0 Å². The van der Waals surface area contributed by atoms with Gasteiger partial charge in [0.05, 0.1) is 4.90 Å². The van der Waals surface area contributed by atoms with Crippen molar-refractivity contribution in [3.8, 4) is 0 Å². The van der Waals surface area contributed by atoms with Crippen LogP contribution in [0.25, 0.3) is 0 Å². The van der Waals surface area contributed by atoms with Crippen LogP contribution in [-0.4, -0.2) is 75.0 Å². The number of nitrogens with zero attached hydrogens (tertiary/aromatic N) is 2. The second-order valence-electron chi connectivity index (χ2n) is 7.42. The van der Waals surface area contributed by atoms with Crippen molar-refractivity contribution in [1.82, 2.24) is 14.5 Å². The minimum atomic E-state index is -3.58. The van der Waals surface area contributed by atoms with Gasteiger partial charge in [-0.2, -0.15) is 0 Å². The van der Waals surface area contributed by atoms with Crippen molar-refractivity contribution < 1.29 is 22.7 Å². The Hall–Kier alpha value is -1.97. The standard InChI is InChI=1S/C19H27N3O5S/c1-14(2)20-28(25,26)16-7-5-15(6-8-16)18(23)21-9-11-22(12-10-21)19(24)17-4-3-13-27-17/h5-8,14,17,20H,3-4,9-13H2,1-2H3. The average Bonchev–Trinajstić information content (AvgIpc) is 3.21. The second-order valence-corrected chi connectivity index (χ2v) is 9.13. The van der Waals surface area contributed by atoms with E-state index in [9.17, 15) is 18.0 Å². The Labute approximate surface area is 165 Å². The molecule has 0 aromatic heterocycles. The van der Waals surface area contributed by atoms with E-state index in [0.717, 1.165) is 12.8 Å². The van der Waals surface area contributed by atoms with E-state index in [4.69, 9.17) is 4.74 Å². The molecule has 154 valence electrons. The van der Waals surface area contributed by atoms with Gasteiger partial charge in [-0.15, -0.1) is 0 Å². The van der Waals surface area contributed by atoms with Gasteiger partial charge < -0.3 is 14.5 Å². The quantitative estimate of drug-likeness (QED) is 0.777. The summed E-state index contributed by atoms with van der Waals surface area (Å²) in [5, 5.41) is 0. The Balaban J connectivity index is 1.58. The molecule has 9 heteroatoms. The van der Waals surface area contributed by atoms with Crippen molar-refractivity contribution in [3.63, 3.8) is 0 Å². The van der Waals surface area contributed by atoms with E-state index in [0.29, 0.717) is 38.3 Å². The number of carbonyl (C=O) groups is 2. The molecule has 2 aliphatic rings. The fraction of sp³-hybridized carbons (Fsp3) is 0.579. The molecule has 1 aromatic carbocycles. The molecule has 1 N–H and O–H groups in total. The van der Waals surface area contributed by atoms with Gasteiger partial charge in [-0.1, -0.05) is 0 Å². The summed E-state index contributed by atoms with van der Waals surface area (Å²) in [4.78, 5) is 28.7. The summed E-state index contributed by atoms with van der Waals surface area (Å²) in [6, 6.07) is 5.73. The molecule has 0 bridgehead atoms. The number of sulfonamides is 1. The highest BCUT2D eigenvalue weighted by molar-refractivity contribution is 7.89. The third-order valence-electron chi connectivity index (χ3n) is 4.89. The molecule has 28 heavy (non-hydrogen) atoms. The maximum absolute atomic E-state index is 12.7. The van der Waals surface area contributed by atoms with Crippen molar-refractivity contribution in [3.05, 3.63) is 29.8 Å². The smallest absolute Gasteiger partial charge is 0.253 e. The number of benzene rings is 1. The number of carbonyl (C=O) groups excluding carboxylic acids is 2. The van der Waals surface area contributed by atoms with E-state index in [1.54, 1.807) is 23.6 Å². The first-order chi connectivity index (χ1) is 13.3. The highest BCUT2D eigenvalue weighted by Gasteiger charge is 2.31. The lowest BCUT2D eigenvalue weighted by Crippen LogP contribution is -2.52. The van der Waals surface area contributed by atoms with Crippen LogP contribution in [0.3, 0.4) is 0 Å². The predicted molar refractivity (Wildman–Crippen MR) is 103 cm³/mol. The summed E-state index contributed by atoms with van der Waals surface area (Å²) < 4.78 is 32.3. The van der Waals surface area contributed by atoms with Crippen LogP contribution in [0.4, 0.5) is 0 Å². The SMILES string of the molecule is CC(C)NS(=O)(=O)c1ccc(C(=O)N2CCN(C(=O)C3CCCO3)CC2)cc1. The molecule has 2 heterocycles. The van der Waals surface area contributed by atoms with Crippen molar-refractivity contribution in [2.45, 2.75) is 43.7 Å². The number of amides is 2. The first kappa shape index (κ1) is 20.8. The van der Waals surface area contributed by atoms with Gasteiger partial charge in [-0.05, 0) is 51.0 Å². The van der Waals surface area contributed by atoms with Crippen LogP contribution in [0, 0.1) is 0 Å². The third kappa shape index (κ3) is 4.71.